The van der Waals surface area contributed by atoms with Crippen LogP contribution in [0, 0.1) is 11.2 Å². The van der Waals surface area contributed by atoms with Crippen molar-refractivity contribution >= 4 is 40.8 Å². The maximum absolute atomic E-state index is 13.7. The highest BCUT2D eigenvalue weighted by molar-refractivity contribution is 7.99. The van der Waals surface area contributed by atoms with Gasteiger partial charge in [-0.3, -0.25) is 4.79 Å². The zero-order valence-electron chi connectivity index (χ0n) is 20.2. The van der Waals surface area contributed by atoms with Crippen LogP contribution in [0.2, 0.25) is 0 Å². The van der Waals surface area contributed by atoms with E-state index >= 15 is 0 Å². The summed E-state index contributed by atoms with van der Waals surface area (Å²) in [5, 5.41) is 10.3. The van der Waals surface area contributed by atoms with Crippen LogP contribution < -0.4 is 4.74 Å². The van der Waals surface area contributed by atoms with Crippen LogP contribution in [0.15, 0.2) is 72.8 Å². The Kier molecular flexibility index (Phi) is 6.21. The van der Waals surface area contributed by atoms with Gasteiger partial charge in [0.2, 0.25) is 0 Å². The van der Waals surface area contributed by atoms with Gasteiger partial charge in [-0.15, -0.1) is 11.8 Å². The van der Waals surface area contributed by atoms with Gasteiger partial charge in [0.05, 0.1) is 22.9 Å². The molecule has 37 heavy (non-hydrogen) atoms. The molecule has 2 aliphatic rings. The number of carboxylic acids is 1. The lowest BCUT2D eigenvalue weighted by atomic mass is 9.98. The Morgan fingerprint density at radius 3 is 2.73 bits per heavy atom. The molecule has 4 aromatic rings. The second-order valence-electron chi connectivity index (χ2n) is 9.95. The average molecular weight is 512 g/mol. The van der Waals surface area contributed by atoms with Crippen molar-refractivity contribution in [3.8, 4) is 5.75 Å². The van der Waals surface area contributed by atoms with Crippen LogP contribution in [0.3, 0.4) is 0 Å². The third-order valence-electron chi connectivity index (χ3n) is 7.20. The van der Waals surface area contributed by atoms with Crippen LogP contribution in [0.4, 0.5) is 4.39 Å². The third-order valence-corrected chi connectivity index (χ3v) is 8.82. The molecule has 6 heteroatoms. The van der Waals surface area contributed by atoms with Gasteiger partial charge in [0.15, 0.2) is 0 Å². The second kappa shape index (κ2) is 9.67. The summed E-state index contributed by atoms with van der Waals surface area (Å²) in [6.07, 6.45) is 6.11. The maximum atomic E-state index is 13.7. The molecule has 1 atom stereocenters. The quantitative estimate of drug-likeness (QED) is 0.278. The summed E-state index contributed by atoms with van der Waals surface area (Å²) in [4.78, 5) is 16.0. The fourth-order valence-corrected chi connectivity index (χ4v) is 6.63. The number of fused-ring (bicyclic) bond motifs is 3. The van der Waals surface area contributed by atoms with E-state index in [0.717, 1.165) is 52.1 Å². The van der Waals surface area contributed by atoms with Crippen molar-refractivity contribution in [2.75, 3.05) is 5.75 Å². The van der Waals surface area contributed by atoms with E-state index in [-0.39, 0.29) is 22.9 Å². The Balaban J connectivity index is 1.32. The molecule has 1 aromatic heterocycles. The molecule has 1 saturated carbocycles. The van der Waals surface area contributed by atoms with Gasteiger partial charge in [0.25, 0.3) is 0 Å². The van der Waals surface area contributed by atoms with E-state index < -0.39 is 5.97 Å². The highest BCUT2D eigenvalue weighted by Crippen LogP contribution is 2.55. The van der Waals surface area contributed by atoms with Gasteiger partial charge in [-0.1, -0.05) is 42.5 Å². The minimum Gasteiger partial charge on any atom is -0.489 e. The van der Waals surface area contributed by atoms with Gasteiger partial charge < -0.3 is 9.84 Å². The molecule has 0 saturated heterocycles. The second-order valence-corrected chi connectivity index (χ2v) is 11.0. The van der Waals surface area contributed by atoms with Gasteiger partial charge in [-0.05, 0) is 71.4 Å². The number of thioether (sulfide) groups is 1. The SMILES string of the molecule is O=C(O)CC1(CSC2c3ccccc3COc3ccc(C=Cc4ccc5ccc(F)cc5n4)cc32)CC1. The first-order chi connectivity index (χ1) is 18.0. The number of ether oxygens (including phenoxy) is 1. The van der Waals surface area contributed by atoms with E-state index in [9.17, 15) is 14.3 Å². The predicted octanol–water partition coefficient (Wildman–Crippen LogP) is 7.51. The summed E-state index contributed by atoms with van der Waals surface area (Å²) in [5.41, 5.74) is 5.76. The number of halogens is 1. The molecule has 1 N–H and O–H groups in total. The van der Waals surface area contributed by atoms with Crippen molar-refractivity contribution in [2.45, 2.75) is 31.1 Å². The largest absolute Gasteiger partial charge is 0.489 e. The van der Waals surface area contributed by atoms with Crippen LogP contribution in [-0.2, 0) is 11.4 Å². The number of pyridine rings is 1. The minimum absolute atomic E-state index is 0.0510. The Labute approximate surface area is 219 Å². The third kappa shape index (κ3) is 5.12. The molecule has 1 fully saturated rings. The Morgan fingerprint density at radius 2 is 1.89 bits per heavy atom. The zero-order valence-corrected chi connectivity index (χ0v) is 21.0. The van der Waals surface area contributed by atoms with Gasteiger partial charge in [0.1, 0.15) is 18.2 Å². The molecule has 2 heterocycles. The minimum atomic E-state index is -0.722. The van der Waals surface area contributed by atoms with Crippen LogP contribution in [-0.4, -0.2) is 21.8 Å². The number of aliphatic carboxylic acids is 1. The highest BCUT2D eigenvalue weighted by Gasteiger charge is 2.45. The smallest absolute Gasteiger partial charge is 0.303 e. The fraction of sp³-hybridized carbons (Fsp3) is 0.226. The molecule has 4 nitrogen and oxygen atoms in total. The predicted molar refractivity (Wildman–Crippen MR) is 146 cm³/mol. The number of carbonyl (C=O) groups is 1. The number of carboxylic acid groups (broad SMARTS) is 1. The summed E-state index contributed by atoms with van der Waals surface area (Å²) in [7, 11) is 0. The van der Waals surface area contributed by atoms with Gasteiger partial charge >= 0.3 is 5.97 Å². The van der Waals surface area contributed by atoms with Crippen LogP contribution >= 0.6 is 11.8 Å². The lowest BCUT2D eigenvalue weighted by Crippen LogP contribution is -2.12. The van der Waals surface area contributed by atoms with Crippen LogP contribution in [0.5, 0.6) is 5.75 Å². The number of nitrogens with zero attached hydrogens (tertiary/aromatic N) is 1. The number of hydrogen-bond acceptors (Lipinski definition) is 4. The van der Waals surface area contributed by atoms with Crippen LogP contribution in [0.1, 0.15) is 52.5 Å². The van der Waals surface area contributed by atoms with Crippen molar-refractivity contribution in [1.29, 1.82) is 0 Å². The van der Waals surface area contributed by atoms with Crippen LogP contribution in [0.25, 0.3) is 23.1 Å². The summed E-state index contributed by atoms with van der Waals surface area (Å²) in [6, 6.07) is 23.0. The van der Waals surface area contributed by atoms with Crippen molar-refractivity contribution in [1.82, 2.24) is 4.98 Å². The van der Waals surface area contributed by atoms with E-state index in [2.05, 4.69) is 29.2 Å². The van der Waals surface area contributed by atoms with Gasteiger partial charge in [-0.2, -0.15) is 0 Å². The first-order valence-corrected chi connectivity index (χ1v) is 13.5. The first kappa shape index (κ1) is 23.7. The highest BCUT2D eigenvalue weighted by atomic mass is 32.2. The topological polar surface area (TPSA) is 59.4 Å². The Morgan fingerprint density at radius 1 is 1.05 bits per heavy atom. The molecular formula is C31H26FNO3S. The Hall–Kier alpha value is -3.64. The molecule has 3 aromatic carbocycles. The number of aromatic nitrogens is 1. The normalized spacial score (nSPS) is 17.6. The lowest BCUT2D eigenvalue weighted by Gasteiger charge is -2.22. The van der Waals surface area contributed by atoms with Gasteiger partial charge in [0, 0.05) is 22.8 Å². The van der Waals surface area contributed by atoms with E-state index in [1.807, 2.05) is 54.2 Å². The summed E-state index contributed by atoms with van der Waals surface area (Å²) in [6.45, 7) is 0.507. The maximum Gasteiger partial charge on any atom is 0.303 e. The fourth-order valence-electron chi connectivity index (χ4n) is 4.94. The number of hydrogen-bond donors (Lipinski definition) is 1. The zero-order chi connectivity index (χ0) is 25.4. The van der Waals surface area contributed by atoms with Crippen molar-refractivity contribution in [3.05, 3.63) is 107 Å². The molecule has 1 unspecified atom stereocenters. The molecule has 0 radical (unpaired) electrons. The molecule has 1 aliphatic carbocycles. The lowest BCUT2D eigenvalue weighted by molar-refractivity contribution is -0.138. The number of benzene rings is 3. The van der Waals surface area contributed by atoms with E-state index in [1.54, 1.807) is 6.07 Å². The molecule has 0 spiro atoms. The monoisotopic (exact) mass is 511 g/mol. The van der Waals surface area contributed by atoms with E-state index in [4.69, 9.17) is 4.74 Å². The molecule has 0 bridgehead atoms. The standard InChI is InChI=1S/C31H26FNO3S/c32-23-9-7-21-8-11-24(33-27(21)16-23)10-5-20-6-12-28-26(15-20)30(25-4-2-1-3-22(25)18-36-28)37-19-31(13-14-31)17-29(34)35/h1-12,15-16,30H,13-14,17-19H2,(H,34,35). The molecular weight excluding hydrogens is 485 g/mol. The Bertz CT molecular complexity index is 1530. The summed E-state index contributed by atoms with van der Waals surface area (Å²) < 4.78 is 19.9. The molecule has 186 valence electrons. The summed E-state index contributed by atoms with van der Waals surface area (Å²) >= 11 is 1.82. The van der Waals surface area contributed by atoms with Crippen molar-refractivity contribution < 1.29 is 19.0 Å². The number of rotatable bonds is 7. The van der Waals surface area contributed by atoms with Crippen molar-refractivity contribution in [3.63, 3.8) is 0 Å². The molecule has 0 amide bonds. The first-order valence-electron chi connectivity index (χ1n) is 12.4. The van der Waals surface area contributed by atoms with Gasteiger partial charge in [-0.25, -0.2) is 9.37 Å². The average Bonchev–Trinajstić information content (AvgIpc) is 3.67. The molecule has 6 rings (SSSR count). The van der Waals surface area contributed by atoms with Crippen molar-refractivity contribution in [2.24, 2.45) is 5.41 Å². The van der Waals surface area contributed by atoms with E-state index in [0.29, 0.717) is 12.1 Å². The van der Waals surface area contributed by atoms with E-state index in [1.165, 1.54) is 17.7 Å². The molecule has 1 aliphatic heterocycles. The summed E-state index contributed by atoms with van der Waals surface area (Å²) in [5.74, 6) is 0.635.